The van der Waals surface area contributed by atoms with Crippen molar-refractivity contribution in [2.75, 3.05) is 18.5 Å². The van der Waals surface area contributed by atoms with Crippen LogP contribution in [0.15, 0.2) is 36.4 Å². The molecule has 5 nitrogen and oxygen atoms in total. The van der Waals surface area contributed by atoms with Gasteiger partial charge in [0.25, 0.3) is 0 Å². The van der Waals surface area contributed by atoms with Gasteiger partial charge >= 0.3 is 12.0 Å². The highest BCUT2D eigenvalue weighted by atomic mass is 16.4. The molecule has 0 aliphatic rings. The first kappa shape index (κ1) is 13.8. The van der Waals surface area contributed by atoms with Crippen LogP contribution in [-0.4, -0.2) is 30.7 Å². The monoisotopic (exact) mass is 248 g/mol. The molecule has 0 saturated heterocycles. The number of aromatic carboxylic acids is 1. The molecule has 2 N–H and O–H groups in total. The van der Waals surface area contributed by atoms with Crippen molar-refractivity contribution < 1.29 is 14.7 Å². The van der Waals surface area contributed by atoms with Gasteiger partial charge in [0.05, 0.1) is 11.3 Å². The fraction of sp³-hybridized carbons (Fsp3) is 0.231. The van der Waals surface area contributed by atoms with E-state index in [1.165, 1.54) is 18.0 Å². The summed E-state index contributed by atoms with van der Waals surface area (Å²) in [6.45, 7) is 5.83. The summed E-state index contributed by atoms with van der Waals surface area (Å²) < 4.78 is 0. The summed E-state index contributed by atoms with van der Waals surface area (Å²) >= 11 is 0. The number of urea groups is 1. The third-order valence-electron chi connectivity index (χ3n) is 2.34. The molecule has 1 rings (SSSR count). The van der Waals surface area contributed by atoms with E-state index in [0.717, 1.165) is 5.57 Å². The summed E-state index contributed by atoms with van der Waals surface area (Å²) in [5, 5.41) is 11.7. The molecule has 0 spiro atoms. The minimum atomic E-state index is -1.06. The topological polar surface area (TPSA) is 69.6 Å². The van der Waals surface area contributed by atoms with E-state index < -0.39 is 5.97 Å². The Morgan fingerprint density at radius 3 is 2.56 bits per heavy atom. The number of carboxylic acids is 1. The molecule has 1 aromatic rings. The SMILES string of the molecule is C=C(C)CNC(=O)N(C)c1ccccc1C(=O)O. The predicted octanol–water partition coefficient (Wildman–Crippen LogP) is 2.11. The number of hydrogen-bond donors (Lipinski definition) is 2. The predicted molar refractivity (Wildman–Crippen MR) is 70.0 cm³/mol. The average Bonchev–Trinajstić information content (AvgIpc) is 2.34. The molecule has 0 saturated carbocycles. The van der Waals surface area contributed by atoms with E-state index in [-0.39, 0.29) is 11.6 Å². The zero-order valence-corrected chi connectivity index (χ0v) is 10.4. The normalized spacial score (nSPS) is 9.67. The second kappa shape index (κ2) is 5.86. The van der Waals surface area contributed by atoms with Crippen molar-refractivity contribution in [3.8, 4) is 0 Å². The van der Waals surface area contributed by atoms with E-state index in [0.29, 0.717) is 12.2 Å². The zero-order valence-electron chi connectivity index (χ0n) is 10.4. The van der Waals surface area contributed by atoms with Gasteiger partial charge in [-0.2, -0.15) is 0 Å². The average molecular weight is 248 g/mol. The maximum Gasteiger partial charge on any atom is 0.337 e. The van der Waals surface area contributed by atoms with Crippen LogP contribution in [0.2, 0.25) is 0 Å². The molecule has 0 fully saturated rings. The van der Waals surface area contributed by atoms with Crippen LogP contribution in [0.4, 0.5) is 10.5 Å². The Hall–Kier alpha value is -2.30. The number of rotatable bonds is 4. The summed E-state index contributed by atoms with van der Waals surface area (Å²) in [7, 11) is 1.52. The van der Waals surface area contributed by atoms with Crippen molar-refractivity contribution in [2.45, 2.75) is 6.92 Å². The number of carboxylic acid groups (broad SMARTS) is 1. The molecular weight excluding hydrogens is 232 g/mol. The van der Waals surface area contributed by atoms with Gasteiger partial charge in [-0.1, -0.05) is 24.3 Å². The van der Waals surface area contributed by atoms with Crippen molar-refractivity contribution in [2.24, 2.45) is 0 Å². The van der Waals surface area contributed by atoms with Gasteiger partial charge in [-0.15, -0.1) is 0 Å². The first-order valence-corrected chi connectivity index (χ1v) is 5.41. The lowest BCUT2D eigenvalue weighted by Gasteiger charge is -2.19. The van der Waals surface area contributed by atoms with Gasteiger partial charge in [0.2, 0.25) is 0 Å². The summed E-state index contributed by atoms with van der Waals surface area (Å²) in [6.07, 6.45) is 0. The van der Waals surface area contributed by atoms with Gasteiger partial charge in [0.1, 0.15) is 0 Å². The summed E-state index contributed by atoms with van der Waals surface area (Å²) in [5.41, 5.74) is 1.26. The van der Waals surface area contributed by atoms with Crippen LogP contribution < -0.4 is 10.2 Å². The molecule has 0 unspecified atom stereocenters. The third-order valence-corrected chi connectivity index (χ3v) is 2.34. The van der Waals surface area contributed by atoms with Gasteiger partial charge in [-0.05, 0) is 19.1 Å². The number of anilines is 1. The highest BCUT2D eigenvalue weighted by Gasteiger charge is 2.17. The van der Waals surface area contributed by atoms with Gasteiger partial charge in [-0.25, -0.2) is 9.59 Å². The quantitative estimate of drug-likeness (QED) is 0.802. The molecule has 1 aromatic carbocycles. The third kappa shape index (κ3) is 3.35. The highest BCUT2D eigenvalue weighted by Crippen LogP contribution is 2.19. The smallest absolute Gasteiger partial charge is 0.337 e. The lowest BCUT2D eigenvalue weighted by Crippen LogP contribution is -2.38. The van der Waals surface area contributed by atoms with Gasteiger partial charge < -0.3 is 10.4 Å². The van der Waals surface area contributed by atoms with E-state index >= 15 is 0 Å². The molecule has 5 heteroatoms. The number of carbonyl (C=O) groups is 2. The number of carbonyl (C=O) groups excluding carboxylic acids is 1. The van der Waals surface area contributed by atoms with Gasteiger partial charge in [-0.3, -0.25) is 4.90 Å². The standard InChI is InChI=1S/C13H16N2O3/c1-9(2)8-14-13(18)15(3)11-7-5-4-6-10(11)12(16)17/h4-7H,1,8H2,2-3H3,(H,14,18)(H,16,17). The zero-order chi connectivity index (χ0) is 13.7. The Labute approximate surface area is 106 Å². The lowest BCUT2D eigenvalue weighted by molar-refractivity contribution is 0.0697. The molecule has 96 valence electrons. The summed E-state index contributed by atoms with van der Waals surface area (Å²) in [5.74, 6) is -1.06. The number of nitrogens with zero attached hydrogens (tertiary/aromatic N) is 1. The van der Waals surface area contributed by atoms with Gasteiger partial charge in [0.15, 0.2) is 0 Å². The number of benzene rings is 1. The van der Waals surface area contributed by atoms with Crippen molar-refractivity contribution in [3.63, 3.8) is 0 Å². The van der Waals surface area contributed by atoms with Crippen LogP contribution >= 0.6 is 0 Å². The van der Waals surface area contributed by atoms with Crippen molar-refractivity contribution in [1.82, 2.24) is 5.32 Å². The number of amides is 2. The Kier molecular flexibility index (Phi) is 4.48. The largest absolute Gasteiger partial charge is 0.478 e. The molecule has 0 radical (unpaired) electrons. The molecule has 0 heterocycles. The Bertz CT molecular complexity index is 483. The molecule has 0 aromatic heterocycles. The van der Waals surface area contributed by atoms with E-state index in [2.05, 4.69) is 11.9 Å². The summed E-state index contributed by atoms with van der Waals surface area (Å²) in [4.78, 5) is 24.1. The van der Waals surface area contributed by atoms with Crippen LogP contribution in [0, 0.1) is 0 Å². The van der Waals surface area contributed by atoms with Crippen molar-refractivity contribution in [3.05, 3.63) is 42.0 Å². The fourth-order valence-electron chi connectivity index (χ4n) is 1.40. The van der Waals surface area contributed by atoms with E-state index in [4.69, 9.17) is 5.11 Å². The molecule has 18 heavy (non-hydrogen) atoms. The maximum absolute atomic E-state index is 11.8. The molecule has 2 amide bonds. The number of nitrogens with one attached hydrogen (secondary N) is 1. The lowest BCUT2D eigenvalue weighted by atomic mass is 10.1. The first-order chi connectivity index (χ1) is 8.43. The second-order valence-corrected chi connectivity index (χ2v) is 4.00. The maximum atomic E-state index is 11.8. The molecular formula is C13H16N2O3. The Morgan fingerprint density at radius 1 is 1.39 bits per heavy atom. The fourth-order valence-corrected chi connectivity index (χ4v) is 1.40. The van der Waals surface area contributed by atoms with Crippen LogP contribution in [0.5, 0.6) is 0 Å². The van der Waals surface area contributed by atoms with Crippen LogP contribution in [0.1, 0.15) is 17.3 Å². The van der Waals surface area contributed by atoms with E-state index in [1.807, 2.05) is 0 Å². The molecule has 0 aliphatic heterocycles. The van der Waals surface area contributed by atoms with Crippen LogP contribution in [0.3, 0.4) is 0 Å². The number of para-hydroxylation sites is 1. The van der Waals surface area contributed by atoms with E-state index in [9.17, 15) is 9.59 Å². The van der Waals surface area contributed by atoms with E-state index in [1.54, 1.807) is 25.1 Å². The Balaban J connectivity index is 2.89. The van der Waals surface area contributed by atoms with Crippen molar-refractivity contribution >= 4 is 17.7 Å². The molecule has 0 aliphatic carbocycles. The van der Waals surface area contributed by atoms with Crippen LogP contribution in [0.25, 0.3) is 0 Å². The number of hydrogen-bond acceptors (Lipinski definition) is 2. The molecule has 0 bridgehead atoms. The second-order valence-electron chi connectivity index (χ2n) is 4.00. The molecule has 0 atom stereocenters. The van der Waals surface area contributed by atoms with Gasteiger partial charge in [0, 0.05) is 13.6 Å². The van der Waals surface area contributed by atoms with Crippen molar-refractivity contribution in [1.29, 1.82) is 0 Å². The summed E-state index contributed by atoms with van der Waals surface area (Å²) in [6, 6.07) is 5.98. The highest BCUT2D eigenvalue weighted by molar-refractivity contribution is 6.01. The van der Waals surface area contributed by atoms with Crippen LogP contribution in [-0.2, 0) is 0 Å². The minimum absolute atomic E-state index is 0.0884. The first-order valence-electron chi connectivity index (χ1n) is 5.41. The minimum Gasteiger partial charge on any atom is -0.478 e. The Morgan fingerprint density at radius 2 is 2.00 bits per heavy atom.